The summed E-state index contributed by atoms with van der Waals surface area (Å²) in [6.45, 7) is 1.78. The number of ether oxygens (including phenoxy) is 1. The van der Waals surface area contributed by atoms with Gasteiger partial charge in [0.1, 0.15) is 0 Å². The predicted octanol–water partition coefficient (Wildman–Crippen LogP) is 2.01. The first-order valence-corrected chi connectivity index (χ1v) is 6.23. The molecule has 0 spiro atoms. The Kier molecular flexibility index (Phi) is 4.18. The Morgan fingerprint density at radius 3 is 2.67 bits per heavy atom. The summed E-state index contributed by atoms with van der Waals surface area (Å²) >= 11 is 0. The number of aromatic nitrogens is 1. The van der Waals surface area contributed by atoms with Crippen molar-refractivity contribution in [3.63, 3.8) is 0 Å². The molecule has 1 heterocycles. The SMILES string of the molecule is COC(=O)c1ccc(NC(=O)c2ncccc2N)c(C)c1. The van der Waals surface area contributed by atoms with Crippen LogP contribution in [0.2, 0.25) is 0 Å². The van der Waals surface area contributed by atoms with Crippen LogP contribution in [0.4, 0.5) is 11.4 Å². The molecule has 6 heteroatoms. The third kappa shape index (κ3) is 3.17. The Hall–Kier alpha value is -2.89. The molecular weight excluding hydrogens is 270 g/mol. The molecule has 0 saturated heterocycles. The molecule has 0 aliphatic heterocycles. The van der Waals surface area contributed by atoms with Crippen molar-refractivity contribution in [1.29, 1.82) is 0 Å². The van der Waals surface area contributed by atoms with Crippen molar-refractivity contribution in [2.24, 2.45) is 0 Å². The minimum Gasteiger partial charge on any atom is -0.465 e. The summed E-state index contributed by atoms with van der Waals surface area (Å²) in [7, 11) is 1.32. The molecule has 6 nitrogen and oxygen atoms in total. The molecule has 0 bridgehead atoms. The zero-order valence-electron chi connectivity index (χ0n) is 11.7. The summed E-state index contributed by atoms with van der Waals surface area (Å²) in [6.07, 6.45) is 1.50. The van der Waals surface area contributed by atoms with Gasteiger partial charge in [0, 0.05) is 11.9 Å². The second-order valence-electron chi connectivity index (χ2n) is 4.42. The number of hydrogen-bond acceptors (Lipinski definition) is 5. The van der Waals surface area contributed by atoms with Gasteiger partial charge in [-0.2, -0.15) is 0 Å². The number of pyridine rings is 1. The lowest BCUT2D eigenvalue weighted by molar-refractivity contribution is 0.0600. The van der Waals surface area contributed by atoms with E-state index in [4.69, 9.17) is 5.73 Å². The number of hydrogen-bond donors (Lipinski definition) is 2. The van der Waals surface area contributed by atoms with Crippen LogP contribution in [0, 0.1) is 6.92 Å². The topological polar surface area (TPSA) is 94.3 Å². The van der Waals surface area contributed by atoms with Gasteiger partial charge in [-0.3, -0.25) is 4.79 Å². The molecule has 0 unspecified atom stereocenters. The lowest BCUT2D eigenvalue weighted by Gasteiger charge is -2.10. The molecule has 0 saturated carbocycles. The van der Waals surface area contributed by atoms with E-state index in [1.807, 2.05) is 0 Å². The normalized spacial score (nSPS) is 10.0. The van der Waals surface area contributed by atoms with Crippen LogP contribution in [0.5, 0.6) is 0 Å². The van der Waals surface area contributed by atoms with E-state index in [0.29, 0.717) is 16.9 Å². The quantitative estimate of drug-likeness (QED) is 0.841. The molecule has 0 fully saturated rings. The van der Waals surface area contributed by atoms with Crippen LogP contribution in [-0.2, 0) is 4.74 Å². The molecule has 3 N–H and O–H groups in total. The number of benzene rings is 1. The third-order valence-electron chi connectivity index (χ3n) is 2.95. The summed E-state index contributed by atoms with van der Waals surface area (Å²) in [5.74, 6) is -0.827. The summed E-state index contributed by atoms with van der Waals surface area (Å²) in [4.78, 5) is 27.5. The standard InChI is InChI=1S/C15H15N3O3/c1-9-8-10(15(20)21-2)5-6-12(9)18-14(19)13-11(16)4-3-7-17-13/h3-8H,16H2,1-2H3,(H,18,19). The van der Waals surface area contributed by atoms with Crippen LogP contribution in [0.1, 0.15) is 26.4 Å². The molecular formula is C15H15N3O3. The predicted molar refractivity (Wildman–Crippen MR) is 79.1 cm³/mol. The van der Waals surface area contributed by atoms with Gasteiger partial charge in [-0.05, 0) is 42.8 Å². The molecule has 2 rings (SSSR count). The first-order chi connectivity index (χ1) is 10.0. The van der Waals surface area contributed by atoms with Crippen LogP contribution < -0.4 is 11.1 Å². The molecule has 0 radical (unpaired) electrons. The van der Waals surface area contributed by atoms with Crippen LogP contribution in [-0.4, -0.2) is 24.0 Å². The lowest BCUT2D eigenvalue weighted by atomic mass is 10.1. The van der Waals surface area contributed by atoms with Crippen molar-refractivity contribution in [3.8, 4) is 0 Å². The number of amides is 1. The van der Waals surface area contributed by atoms with Gasteiger partial charge in [0.2, 0.25) is 0 Å². The smallest absolute Gasteiger partial charge is 0.337 e. The molecule has 0 aliphatic rings. The summed E-state index contributed by atoms with van der Waals surface area (Å²) < 4.78 is 4.64. The Bertz CT molecular complexity index is 698. The molecule has 108 valence electrons. The molecule has 1 aromatic carbocycles. The van der Waals surface area contributed by atoms with Crippen LogP contribution in [0.25, 0.3) is 0 Å². The number of carbonyl (C=O) groups excluding carboxylic acids is 2. The number of nitrogens with two attached hydrogens (primary N) is 1. The highest BCUT2D eigenvalue weighted by Gasteiger charge is 2.13. The Morgan fingerprint density at radius 2 is 2.05 bits per heavy atom. The van der Waals surface area contributed by atoms with Gasteiger partial charge in [0.05, 0.1) is 18.4 Å². The lowest BCUT2D eigenvalue weighted by Crippen LogP contribution is -2.16. The van der Waals surface area contributed by atoms with E-state index in [9.17, 15) is 9.59 Å². The number of aryl methyl sites for hydroxylation is 1. The Labute approximate surface area is 121 Å². The average molecular weight is 285 g/mol. The number of anilines is 2. The fourth-order valence-electron chi connectivity index (χ4n) is 1.84. The summed E-state index contributed by atoms with van der Waals surface area (Å²) in [6, 6.07) is 8.12. The summed E-state index contributed by atoms with van der Waals surface area (Å²) in [5, 5.41) is 2.72. The fraction of sp³-hybridized carbons (Fsp3) is 0.133. The zero-order valence-corrected chi connectivity index (χ0v) is 11.7. The van der Waals surface area contributed by atoms with Gasteiger partial charge in [-0.25, -0.2) is 9.78 Å². The van der Waals surface area contributed by atoms with Gasteiger partial charge in [-0.15, -0.1) is 0 Å². The molecule has 1 amide bonds. The largest absolute Gasteiger partial charge is 0.465 e. The summed E-state index contributed by atoms with van der Waals surface area (Å²) in [5.41, 5.74) is 7.92. The van der Waals surface area contributed by atoms with Crippen LogP contribution >= 0.6 is 0 Å². The zero-order chi connectivity index (χ0) is 15.4. The molecule has 1 aromatic heterocycles. The number of methoxy groups -OCH3 is 1. The monoisotopic (exact) mass is 285 g/mol. The number of nitrogens with zero attached hydrogens (tertiary/aromatic N) is 1. The van der Waals surface area contributed by atoms with E-state index in [-0.39, 0.29) is 5.69 Å². The molecule has 21 heavy (non-hydrogen) atoms. The van der Waals surface area contributed by atoms with Crippen molar-refractivity contribution in [2.45, 2.75) is 6.92 Å². The maximum Gasteiger partial charge on any atom is 0.337 e. The first kappa shape index (κ1) is 14.5. The average Bonchev–Trinajstić information content (AvgIpc) is 2.48. The van der Waals surface area contributed by atoms with E-state index >= 15 is 0 Å². The number of esters is 1. The van der Waals surface area contributed by atoms with E-state index in [1.54, 1.807) is 37.3 Å². The van der Waals surface area contributed by atoms with E-state index in [2.05, 4.69) is 15.0 Å². The van der Waals surface area contributed by atoms with Crippen molar-refractivity contribution >= 4 is 23.3 Å². The van der Waals surface area contributed by atoms with E-state index in [0.717, 1.165) is 5.56 Å². The van der Waals surface area contributed by atoms with Crippen LogP contribution in [0.3, 0.4) is 0 Å². The van der Waals surface area contributed by atoms with Crippen molar-refractivity contribution in [1.82, 2.24) is 4.98 Å². The van der Waals surface area contributed by atoms with E-state index in [1.165, 1.54) is 13.3 Å². The number of nitrogen functional groups attached to an aromatic ring is 1. The van der Waals surface area contributed by atoms with E-state index < -0.39 is 11.9 Å². The second-order valence-corrected chi connectivity index (χ2v) is 4.42. The van der Waals surface area contributed by atoms with Gasteiger partial charge >= 0.3 is 5.97 Å². The minimum atomic E-state index is -0.426. The molecule has 0 aliphatic carbocycles. The highest BCUT2D eigenvalue weighted by molar-refractivity contribution is 6.06. The first-order valence-electron chi connectivity index (χ1n) is 6.23. The fourth-order valence-corrected chi connectivity index (χ4v) is 1.84. The van der Waals surface area contributed by atoms with Gasteiger partial charge in [-0.1, -0.05) is 0 Å². The maximum absolute atomic E-state index is 12.1. The highest BCUT2D eigenvalue weighted by Crippen LogP contribution is 2.19. The van der Waals surface area contributed by atoms with Crippen LogP contribution in [0.15, 0.2) is 36.5 Å². The number of carbonyl (C=O) groups is 2. The van der Waals surface area contributed by atoms with Crippen molar-refractivity contribution < 1.29 is 14.3 Å². The Balaban J connectivity index is 2.22. The van der Waals surface area contributed by atoms with Crippen molar-refractivity contribution in [3.05, 3.63) is 53.3 Å². The minimum absolute atomic E-state index is 0.161. The Morgan fingerprint density at radius 1 is 1.29 bits per heavy atom. The third-order valence-corrected chi connectivity index (χ3v) is 2.95. The maximum atomic E-state index is 12.1. The van der Waals surface area contributed by atoms with Crippen molar-refractivity contribution in [2.75, 3.05) is 18.2 Å². The molecule has 2 aromatic rings. The van der Waals surface area contributed by atoms with Gasteiger partial charge < -0.3 is 15.8 Å². The second kappa shape index (κ2) is 6.04. The van der Waals surface area contributed by atoms with Gasteiger partial charge in [0.25, 0.3) is 5.91 Å². The highest BCUT2D eigenvalue weighted by atomic mass is 16.5. The molecule has 0 atom stereocenters. The number of rotatable bonds is 3. The number of nitrogens with one attached hydrogen (secondary N) is 1. The van der Waals surface area contributed by atoms with Gasteiger partial charge in [0.15, 0.2) is 5.69 Å².